The summed E-state index contributed by atoms with van der Waals surface area (Å²) in [5, 5.41) is 2.31. The van der Waals surface area contributed by atoms with Gasteiger partial charge in [-0.15, -0.1) is 0 Å². The Kier molecular flexibility index (Phi) is 9.41. The first kappa shape index (κ1) is 36.6. The Labute approximate surface area is 359 Å². The molecule has 62 heavy (non-hydrogen) atoms. The predicted octanol–water partition coefficient (Wildman–Crippen LogP) is 14.2. The van der Waals surface area contributed by atoms with E-state index in [2.05, 4.69) is 161 Å². The van der Waals surface area contributed by atoms with E-state index in [1.54, 1.807) is 0 Å². The molecule has 0 unspecified atom stereocenters. The maximum Gasteiger partial charge on any atom is 0.166 e. The van der Waals surface area contributed by atoms with Crippen molar-refractivity contribution in [2.45, 2.75) is 0 Å². The van der Waals surface area contributed by atoms with E-state index in [4.69, 9.17) is 19.9 Å². The zero-order valence-corrected chi connectivity index (χ0v) is 33.6. The maximum atomic E-state index is 5.56. The van der Waals surface area contributed by atoms with Crippen molar-refractivity contribution in [1.29, 1.82) is 0 Å². The minimum absolute atomic E-state index is 0.554. The molecule has 0 radical (unpaired) electrons. The molecule has 0 saturated heterocycles. The van der Waals surface area contributed by atoms with Crippen LogP contribution in [0, 0.1) is 0 Å². The number of para-hydroxylation sites is 4. The Bertz CT molecular complexity index is 3220. The lowest BCUT2D eigenvalue weighted by Crippen LogP contribution is -2.09. The van der Waals surface area contributed by atoms with Gasteiger partial charge in [0.2, 0.25) is 0 Å². The molecule has 0 atom stereocenters. The summed E-state index contributed by atoms with van der Waals surface area (Å²) in [7, 11) is 0. The van der Waals surface area contributed by atoms with Crippen molar-refractivity contribution in [2.24, 2.45) is 0 Å². The Balaban J connectivity index is 1.09. The zero-order valence-electron chi connectivity index (χ0n) is 33.6. The van der Waals surface area contributed by atoms with E-state index in [0.29, 0.717) is 17.5 Å². The third-order valence-corrected chi connectivity index (χ3v) is 11.3. The second kappa shape index (κ2) is 15.9. The Morgan fingerprint density at radius 2 is 0.790 bits per heavy atom. The number of hydrogen-bond acceptors (Lipinski definition) is 5. The average molecular weight is 795 g/mol. The highest BCUT2D eigenvalue weighted by atomic mass is 15.1. The first-order valence-corrected chi connectivity index (χ1v) is 20.7. The van der Waals surface area contributed by atoms with Crippen LogP contribution in [0.25, 0.3) is 84.2 Å². The second-order valence-electron chi connectivity index (χ2n) is 15.1. The molecule has 0 aliphatic heterocycles. The quantitative estimate of drug-likeness (QED) is 0.146. The minimum atomic E-state index is 0.554. The molecule has 11 rings (SSSR count). The van der Waals surface area contributed by atoms with Crippen molar-refractivity contribution in [3.8, 4) is 62.4 Å². The molecule has 6 heteroatoms. The molecular weight excluding hydrogens is 757 g/mol. The highest BCUT2D eigenvalue weighted by Gasteiger charge is 2.22. The Morgan fingerprint density at radius 1 is 0.306 bits per heavy atom. The second-order valence-corrected chi connectivity index (χ2v) is 15.1. The number of anilines is 3. The van der Waals surface area contributed by atoms with E-state index in [1.165, 1.54) is 0 Å². The van der Waals surface area contributed by atoms with E-state index < -0.39 is 0 Å². The van der Waals surface area contributed by atoms with Crippen molar-refractivity contribution in [3.63, 3.8) is 0 Å². The van der Waals surface area contributed by atoms with Crippen LogP contribution in [-0.4, -0.2) is 24.5 Å². The van der Waals surface area contributed by atoms with E-state index in [1.807, 2.05) is 78.9 Å². The van der Waals surface area contributed by atoms with Crippen LogP contribution in [0.15, 0.2) is 231 Å². The van der Waals surface area contributed by atoms with E-state index in [9.17, 15) is 0 Å². The summed E-state index contributed by atoms with van der Waals surface area (Å²) in [5.74, 6) is 2.55. The van der Waals surface area contributed by atoms with Crippen LogP contribution in [0.4, 0.5) is 17.1 Å². The van der Waals surface area contributed by atoms with Crippen LogP contribution in [0.3, 0.4) is 0 Å². The van der Waals surface area contributed by atoms with Crippen molar-refractivity contribution >= 4 is 38.9 Å². The van der Waals surface area contributed by atoms with Gasteiger partial charge in [-0.3, -0.25) is 4.57 Å². The normalized spacial score (nSPS) is 11.2. The van der Waals surface area contributed by atoms with Crippen LogP contribution in [-0.2, 0) is 0 Å². The van der Waals surface area contributed by atoms with Gasteiger partial charge in [0, 0.05) is 55.7 Å². The van der Waals surface area contributed by atoms with Crippen molar-refractivity contribution in [1.82, 2.24) is 24.5 Å². The molecule has 0 fully saturated rings. The molecule has 0 amide bonds. The van der Waals surface area contributed by atoms with Gasteiger partial charge in [0.05, 0.1) is 16.7 Å². The highest BCUT2D eigenvalue weighted by molar-refractivity contribution is 6.13. The molecular formula is C56H38N6. The first-order chi connectivity index (χ1) is 30.8. The van der Waals surface area contributed by atoms with Crippen LogP contribution in [0.2, 0.25) is 0 Å². The molecule has 3 aromatic heterocycles. The summed E-state index contributed by atoms with van der Waals surface area (Å²) >= 11 is 0. The zero-order chi connectivity index (χ0) is 41.2. The fourth-order valence-electron chi connectivity index (χ4n) is 8.38. The SMILES string of the molecule is c1ccc(-c2nc(-c3ccccc3)nc(-c3ccc(-n4c5ccccc5c5cccc(-c6ccc(N(c7ccccc7)c7ccccc7)cc6)c54)nc3-c3ccccc3)n2)cc1. The summed E-state index contributed by atoms with van der Waals surface area (Å²) in [6, 6.07) is 79.7. The fourth-order valence-corrected chi connectivity index (χ4v) is 8.38. The van der Waals surface area contributed by atoms with E-state index in [-0.39, 0.29) is 0 Å². The molecule has 8 aromatic carbocycles. The van der Waals surface area contributed by atoms with Gasteiger partial charge in [-0.1, -0.05) is 176 Å². The van der Waals surface area contributed by atoms with Gasteiger partial charge in [-0.2, -0.15) is 0 Å². The molecule has 0 aliphatic carbocycles. The molecule has 0 bridgehead atoms. The fraction of sp³-hybridized carbons (Fsp3) is 0. The molecule has 0 spiro atoms. The van der Waals surface area contributed by atoms with Gasteiger partial charge in [-0.25, -0.2) is 19.9 Å². The lowest BCUT2D eigenvalue weighted by atomic mass is 10.0. The lowest BCUT2D eigenvalue weighted by molar-refractivity contribution is 1.06. The van der Waals surface area contributed by atoms with Crippen molar-refractivity contribution < 1.29 is 0 Å². The molecule has 11 aromatic rings. The molecule has 292 valence electrons. The molecule has 0 N–H and O–H groups in total. The number of fused-ring (bicyclic) bond motifs is 3. The topological polar surface area (TPSA) is 59.7 Å². The molecule has 0 aliphatic rings. The van der Waals surface area contributed by atoms with Gasteiger partial charge in [0.15, 0.2) is 17.5 Å². The Morgan fingerprint density at radius 3 is 1.39 bits per heavy atom. The lowest BCUT2D eigenvalue weighted by Gasteiger charge is -2.25. The number of nitrogens with zero attached hydrogens (tertiary/aromatic N) is 6. The average Bonchev–Trinajstić information content (AvgIpc) is 3.70. The maximum absolute atomic E-state index is 5.56. The van der Waals surface area contributed by atoms with Gasteiger partial charge in [0.1, 0.15) is 5.82 Å². The molecule has 3 heterocycles. The summed E-state index contributed by atoms with van der Waals surface area (Å²) < 4.78 is 2.31. The Hall–Kier alpha value is -8.48. The number of aromatic nitrogens is 5. The number of hydrogen-bond donors (Lipinski definition) is 0. The van der Waals surface area contributed by atoms with Gasteiger partial charge < -0.3 is 4.90 Å². The highest BCUT2D eigenvalue weighted by Crippen LogP contribution is 2.41. The third kappa shape index (κ3) is 6.76. The largest absolute Gasteiger partial charge is 0.311 e. The minimum Gasteiger partial charge on any atom is -0.311 e. The predicted molar refractivity (Wildman–Crippen MR) is 254 cm³/mol. The monoisotopic (exact) mass is 794 g/mol. The van der Waals surface area contributed by atoms with Crippen LogP contribution in [0.5, 0.6) is 0 Å². The summed E-state index contributed by atoms with van der Waals surface area (Å²) in [4.78, 5) is 23.0. The molecule has 0 saturated carbocycles. The number of benzene rings is 8. The summed E-state index contributed by atoms with van der Waals surface area (Å²) in [5.41, 5.74) is 12.0. The van der Waals surface area contributed by atoms with Crippen LogP contribution in [0.1, 0.15) is 0 Å². The summed E-state index contributed by atoms with van der Waals surface area (Å²) in [6.45, 7) is 0. The first-order valence-electron chi connectivity index (χ1n) is 20.7. The third-order valence-electron chi connectivity index (χ3n) is 11.3. The number of pyridine rings is 1. The van der Waals surface area contributed by atoms with Gasteiger partial charge in [0.25, 0.3) is 0 Å². The van der Waals surface area contributed by atoms with Crippen LogP contribution < -0.4 is 4.90 Å². The molecule has 6 nitrogen and oxygen atoms in total. The van der Waals surface area contributed by atoms with Gasteiger partial charge >= 0.3 is 0 Å². The summed E-state index contributed by atoms with van der Waals surface area (Å²) in [6.07, 6.45) is 0. The van der Waals surface area contributed by atoms with E-state index in [0.717, 1.165) is 83.8 Å². The van der Waals surface area contributed by atoms with Gasteiger partial charge in [-0.05, 0) is 60.2 Å². The van der Waals surface area contributed by atoms with Crippen LogP contribution >= 0.6 is 0 Å². The smallest absolute Gasteiger partial charge is 0.166 e. The number of rotatable bonds is 9. The van der Waals surface area contributed by atoms with Crippen molar-refractivity contribution in [2.75, 3.05) is 4.90 Å². The standard InChI is InChI=1S/C56H38N6/c1-6-19-40(20-7-1)52-49(56-59-54(41-21-8-2-9-22-41)58-55(60-56)42-23-10-3-11-24-42)37-38-51(57-52)62-50-32-17-16-29-47(50)48-31-18-30-46(53(48)62)39-33-35-45(36-34-39)61(43-25-12-4-13-26-43)44-27-14-5-15-28-44/h1-38H. The van der Waals surface area contributed by atoms with E-state index >= 15 is 0 Å². The van der Waals surface area contributed by atoms with Crippen molar-refractivity contribution in [3.05, 3.63) is 231 Å².